The zero-order valence-corrected chi connectivity index (χ0v) is 18.4. The standard InChI is InChI=1S/C27H26N4O2/c32-27(29-17-24-11-14-28-19-30-24)22-5-9-26(10-6-22)33-25-7-2-20(3-8-25)1-4-23-18-31-15-12-21(23)13-16-31/h1-11,14,18-19,21H,12-13,15-17H2,(H,29,32)/b4-1+. The van der Waals surface area contributed by atoms with Crippen LogP contribution in [0.2, 0.25) is 0 Å². The minimum absolute atomic E-state index is 0.158. The SMILES string of the molecule is O=C(NCc1ccncn1)c1ccc(Oc2ccc(/C=C/C3=CN4CCC3CC4)cc2)cc1. The predicted octanol–water partition coefficient (Wildman–Crippen LogP) is 4.82. The number of piperidine rings is 1. The van der Waals surface area contributed by atoms with Crippen molar-refractivity contribution in [1.82, 2.24) is 20.2 Å². The molecule has 3 aromatic rings. The Balaban J connectivity index is 1.15. The first-order chi connectivity index (χ1) is 16.2. The van der Waals surface area contributed by atoms with Gasteiger partial charge in [-0.2, -0.15) is 0 Å². The highest BCUT2D eigenvalue weighted by Gasteiger charge is 2.25. The van der Waals surface area contributed by atoms with E-state index in [1.165, 1.54) is 37.8 Å². The number of fused-ring (bicyclic) bond motifs is 2. The Morgan fingerprint density at radius 3 is 2.36 bits per heavy atom. The molecule has 2 aromatic carbocycles. The van der Waals surface area contributed by atoms with Gasteiger partial charge in [-0.05, 0) is 72.4 Å². The summed E-state index contributed by atoms with van der Waals surface area (Å²) in [6.07, 6.45) is 12.4. The van der Waals surface area contributed by atoms with Crippen molar-refractivity contribution in [3.05, 3.63) is 102 Å². The molecule has 1 N–H and O–H groups in total. The van der Waals surface area contributed by atoms with Crippen LogP contribution in [0.3, 0.4) is 0 Å². The molecule has 0 saturated carbocycles. The first-order valence-electron chi connectivity index (χ1n) is 11.3. The van der Waals surface area contributed by atoms with E-state index in [0.29, 0.717) is 23.8 Å². The van der Waals surface area contributed by atoms with Crippen LogP contribution in [0.5, 0.6) is 11.5 Å². The average Bonchev–Trinajstić information content (AvgIpc) is 2.89. The number of rotatable bonds is 7. The number of aromatic nitrogens is 2. The molecular formula is C27H26N4O2. The van der Waals surface area contributed by atoms with E-state index in [1.54, 1.807) is 36.5 Å². The second kappa shape index (κ2) is 9.69. The molecule has 0 atom stereocenters. The summed E-state index contributed by atoms with van der Waals surface area (Å²) in [6.45, 7) is 2.75. The molecule has 166 valence electrons. The first-order valence-corrected chi connectivity index (χ1v) is 11.3. The third-order valence-corrected chi connectivity index (χ3v) is 6.11. The van der Waals surface area contributed by atoms with Gasteiger partial charge in [0.05, 0.1) is 12.2 Å². The van der Waals surface area contributed by atoms with Crippen molar-refractivity contribution in [2.45, 2.75) is 19.4 Å². The van der Waals surface area contributed by atoms with Gasteiger partial charge >= 0.3 is 0 Å². The van der Waals surface area contributed by atoms with Gasteiger partial charge in [-0.1, -0.05) is 24.3 Å². The minimum atomic E-state index is -0.158. The second-order valence-electron chi connectivity index (χ2n) is 8.35. The van der Waals surface area contributed by atoms with E-state index in [9.17, 15) is 4.79 Å². The van der Waals surface area contributed by atoms with Crippen LogP contribution >= 0.6 is 0 Å². The molecule has 6 heteroatoms. The van der Waals surface area contributed by atoms with Crippen LogP contribution in [0.25, 0.3) is 6.08 Å². The van der Waals surface area contributed by atoms with Crippen LogP contribution < -0.4 is 10.1 Å². The van der Waals surface area contributed by atoms with E-state index in [2.05, 4.69) is 50.7 Å². The van der Waals surface area contributed by atoms with Gasteiger partial charge in [0.1, 0.15) is 17.8 Å². The van der Waals surface area contributed by atoms with Crippen molar-refractivity contribution in [2.75, 3.05) is 13.1 Å². The summed E-state index contributed by atoms with van der Waals surface area (Å²) in [5.41, 5.74) is 3.92. The van der Waals surface area contributed by atoms with E-state index < -0.39 is 0 Å². The number of carbonyl (C=O) groups excluding carboxylic acids is 1. The summed E-state index contributed by atoms with van der Waals surface area (Å²) in [4.78, 5) is 22.7. The van der Waals surface area contributed by atoms with Crippen LogP contribution in [0.1, 0.15) is 34.5 Å². The quantitative estimate of drug-likeness (QED) is 0.573. The van der Waals surface area contributed by atoms with Crippen LogP contribution in [0, 0.1) is 5.92 Å². The maximum atomic E-state index is 12.3. The molecular weight excluding hydrogens is 412 g/mol. The summed E-state index contributed by atoms with van der Waals surface area (Å²) in [5, 5.41) is 2.85. The Bertz CT molecular complexity index is 1150. The lowest BCUT2D eigenvalue weighted by atomic mass is 9.85. The fraction of sp³-hybridized carbons (Fsp3) is 0.222. The summed E-state index contributed by atoms with van der Waals surface area (Å²) in [7, 11) is 0. The van der Waals surface area contributed by atoms with Gasteiger partial charge in [-0.3, -0.25) is 4.79 Å². The van der Waals surface area contributed by atoms with Crippen molar-refractivity contribution in [2.24, 2.45) is 5.92 Å². The van der Waals surface area contributed by atoms with E-state index in [0.717, 1.165) is 17.0 Å². The number of amides is 1. The van der Waals surface area contributed by atoms with Crippen molar-refractivity contribution in [3.63, 3.8) is 0 Å². The van der Waals surface area contributed by atoms with E-state index in [1.807, 2.05) is 12.1 Å². The smallest absolute Gasteiger partial charge is 0.251 e. The molecule has 1 aromatic heterocycles. The zero-order valence-electron chi connectivity index (χ0n) is 18.4. The molecule has 1 amide bonds. The Morgan fingerprint density at radius 1 is 1.00 bits per heavy atom. The maximum absolute atomic E-state index is 12.3. The monoisotopic (exact) mass is 438 g/mol. The van der Waals surface area contributed by atoms with E-state index in [-0.39, 0.29) is 5.91 Å². The highest BCUT2D eigenvalue weighted by Crippen LogP contribution is 2.32. The van der Waals surface area contributed by atoms with Gasteiger partial charge < -0.3 is 15.0 Å². The van der Waals surface area contributed by atoms with Gasteiger partial charge in [-0.25, -0.2) is 9.97 Å². The molecule has 1 fully saturated rings. The molecule has 0 unspecified atom stereocenters. The van der Waals surface area contributed by atoms with Crippen LogP contribution in [0.4, 0.5) is 0 Å². The minimum Gasteiger partial charge on any atom is -0.457 e. The van der Waals surface area contributed by atoms with E-state index >= 15 is 0 Å². The van der Waals surface area contributed by atoms with Crippen molar-refractivity contribution >= 4 is 12.0 Å². The normalized spacial score (nSPS) is 15.5. The number of carbonyl (C=O) groups is 1. The molecule has 0 aliphatic carbocycles. The molecule has 3 aliphatic rings. The van der Waals surface area contributed by atoms with Gasteiger partial charge in [0.2, 0.25) is 0 Å². The van der Waals surface area contributed by atoms with Gasteiger partial charge in [0.25, 0.3) is 5.91 Å². The maximum Gasteiger partial charge on any atom is 0.251 e. The molecule has 0 spiro atoms. The summed E-state index contributed by atoms with van der Waals surface area (Å²) < 4.78 is 5.94. The molecule has 2 bridgehead atoms. The zero-order chi connectivity index (χ0) is 22.5. The molecule has 1 saturated heterocycles. The van der Waals surface area contributed by atoms with Gasteiger partial charge in [0.15, 0.2) is 0 Å². The Hall–Kier alpha value is -3.93. The van der Waals surface area contributed by atoms with Gasteiger partial charge in [-0.15, -0.1) is 0 Å². The Kier molecular flexibility index (Phi) is 6.15. The van der Waals surface area contributed by atoms with Gasteiger partial charge in [0, 0.05) is 31.0 Å². The number of hydrogen-bond acceptors (Lipinski definition) is 5. The highest BCUT2D eigenvalue weighted by atomic mass is 16.5. The summed E-state index contributed by atoms with van der Waals surface area (Å²) in [5.74, 6) is 2.00. The van der Waals surface area contributed by atoms with Crippen LogP contribution in [0.15, 0.2) is 85.0 Å². The number of nitrogens with one attached hydrogen (secondary N) is 1. The fourth-order valence-electron chi connectivity index (χ4n) is 4.20. The third-order valence-electron chi connectivity index (χ3n) is 6.11. The number of hydrogen-bond donors (Lipinski definition) is 1. The number of nitrogens with zero attached hydrogens (tertiary/aromatic N) is 3. The number of benzene rings is 2. The largest absolute Gasteiger partial charge is 0.457 e. The lowest BCUT2D eigenvalue weighted by molar-refractivity contribution is 0.0950. The Morgan fingerprint density at radius 2 is 1.73 bits per heavy atom. The topological polar surface area (TPSA) is 67.3 Å². The fourth-order valence-corrected chi connectivity index (χ4v) is 4.20. The molecule has 3 aliphatic heterocycles. The van der Waals surface area contributed by atoms with Crippen molar-refractivity contribution in [3.8, 4) is 11.5 Å². The summed E-state index contributed by atoms with van der Waals surface area (Å²) in [6, 6.07) is 16.9. The number of ether oxygens (including phenoxy) is 1. The van der Waals surface area contributed by atoms with E-state index in [4.69, 9.17) is 4.74 Å². The van der Waals surface area contributed by atoms with Crippen molar-refractivity contribution in [1.29, 1.82) is 0 Å². The van der Waals surface area contributed by atoms with Crippen LogP contribution in [-0.2, 0) is 6.54 Å². The number of allylic oxidation sites excluding steroid dienone is 2. The second-order valence-corrected chi connectivity index (χ2v) is 8.35. The molecule has 4 heterocycles. The first kappa shape index (κ1) is 20.9. The van der Waals surface area contributed by atoms with Crippen LogP contribution in [-0.4, -0.2) is 33.9 Å². The summed E-state index contributed by atoms with van der Waals surface area (Å²) >= 11 is 0. The lowest BCUT2D eigenvalue weighted by Crippen LogP contribution is -2.35. The molecule has 6 rings (SSSR count). The lowest BCUT2D eigenvalue weighted by Gasteiger charge is -2.38. The molecule has 6 nitrogen and oxygen atoms in total. The molecule has 0 radical (unpaired) electrons. The molecule has 33 heavy (non-hydrogen) atoms. The highest BCUT2D eigenvalue weighted by molar-refractivity contribution is 5.94. The predicted molar refractivity (Wildman–Crippen MR) is 128 cm³/mol. The Labute approximate surface area is 193 Å². The third kappa shape index (κ3) is 5.29. The average molecular weight is 439 g/mol. The van der Waals surface area contributed by atoms with Crippen molar-refractivity contribution < 1.29 is 9.53 Å².